The van der Waals surface area contributed by atoms with Crippen molar-refractivity contribution in [1.29, 1.82) is 0 Å². The van der Waals surface area contributed by atoms with E-state index in [1.807, 2.05) is 45.9 Å². The highest BCUT2D eigenvalue weighted by Crippen LogP contribution is 2.23. The Morgan fingerprint density at radius 2 is 1.88 bits per heavy atom. The number of amides is 1. The zero-order valence-electron chi connectivity index (χ0n) is 14.8. The minimum Gasteiger partial charge on any atom is -0.465 e. The lowest BCUT2D eigenvalue weighted by Gasteiger charge is -2.09. The van der Waals surface area contributed by atoms with E-state index in [2.05, 4.69) is 15.0 Å². The summed E-state index contributed by atoms with van der Waals surface area (Å²) in [7, 11) is 1.34. The van der Waals surface area contributed by atoms with E-state index in [-0.39, 0.29) is 5.91 Å². The Kier molecular flexibility index (Phi) is 7.62. The fraction of sp³-hybridized carbons (Fsp3) is 0.316. The smallest absolute Gasteiger partial charge is 0.339 e. The first kappa shape index (κ1) is 19.4. The van der Waals surface area contributed by atoms with Crippen molar-refractivity contribution in [3.8, 4) is 11.3 Å². The van der Waals surface area contributed by atoms with Crippen LogP contribution in [0.25, 0.3) is 11.3 Å². The van der Waals surface area contributed by atoms with Crippen LogP contribution in [-0.2, 0) is 9.53 Å². The molecule has 24 heavy (non-hydrogen) atoms. The second-order valence-corrected chi connectivity index (χ2v) is 4.86. The Balaban J connectivity index is 0.00000139. The molecule has 1 aromatic heterocycles. The molecule has 0 bridgehead atoms. The molecule has 1 heterocycles. The average Bonchev–Trinajstić information content (AvgIpc) is 2.64. The molecule has 0 spiro atoms. The summed E-state index contributed by atoms with van der Waals surface area (Å²) in [6, 6.07) is 9.14. The molecule has 128 valence electrons. The molecule has 0 unspecified atom stereocenters. The van der Waals surface area contributed by atoms with Crippen LogP contribution in [0.3, 0.4) is 0 Å². The quantitative estimate of drug-likeness (QED) is 0.853. The van der Waals surface area contributed by atoms with Gasteiger partial charge in [0.05, 0.1) is 18.4 Å². The molecule has 0 atom stereocenters. The van der Waals surface area contributed by atoms with Gasteiger partial charge in [0.15, 0.2) is 0 Å². The standard InChI is InChI=1S/C17H18N2O3.C2H6/c1-4-16(20)19-14-7-5-12(9-11(14)2)15-8-6-13(10-18-15)17(21)22-3;1-2/h5-10H,4H2,1-3H3,(H,19,20);1-2H3. The molecule has 5 heteroatoms. The largest absolute Gasteiger partial charge is 0.465 e. The molecule has 5 nitrogen and oxygen atoms in total. The third-order valence-electron chi connectivity index (χ3n) is 3.30. The molecular weight excluding hydrogens is 304 g/mol. The summed E-state index contributed by atoms with van der Waals surface area (Å²) in [5, 5.41) is 2.85. The van der Waals surface area contributed by atoms with Crippen LogP contribution in [0, 0.1) is 6.92 Å². The maximum Gasteiger partial charge on any atom is 0.339 e. The van der Waals surface area contributed by atoms with Crippen molar-refractivity contribution < 1.29 is 14.3 Å². The van der Waals surface area contributed by atoms with E-state index >= 15 is 0 Å². The highest BCUT2D eigenvalue weighted by atomic mass is 16.5. The van der Waals surface area contributed by atoms with Crippen molar-refractivity contribution >= 4 is 17.6 Å². The third kappa shape index (κ3) is 4.91. The normalized spacial score (nSPS) is 9.54. The number of esters is 1. The van der Waals surface area contributed by atoms with Gasteiger partial charge < -0.3 is 10.1 Å². The van der Waals surface area contributed by atoms with Gasteiger partial charge in [0, 0.05) is 23.9 Å². The Bertz CT molecular complexity index is 694. The van der Waals surface area contributed by atoms with E-state index in [4.69, 9.17) is 0 Å². The number of hydrogen-bond acceptors (Lipinski definition) is 4. The summed E-state index contributed by atoms with van der Waals surface area (Å²) in [5.74, 6) is -0.427. The van der Waals surface area contributed by atoms with E-state index in [0.717, 1.165) is 22.5 Å². The summed E-state index contributed by atoms with van der Waals surface area (Å²) in [6.45, 7) is 7.74. The lowest BCUT2D eigenvalue weighted by Crippen LogP contribution is -2.10. The Labute approximate surface area is 143 Å². The van der Waals surface area contributed by atoms with Gasteiger partial charge in [-0.1, -0.05) is 26.8 Å². The summed E-state index contributed by atoms with van der Waals surface area (Å²) < 4.78 is 4.65. The van der Waals surface area contributed by atoms with Gasteiger partial charge in [-0.15, -0.1) is 0 Å². The number of anilines is 1. The van der Waals surface area contributed by atoms with Gasteiger partial charge in [-0.25, -0.2) is 4.79 Å². The molecule has 0 radical (unpaired) electrons. The number of ether oxygens (including phenoxy) is 1. The van der Waals surface area contributed by atoms with Crippen LogP contribution in [0.1, 0.15) is 43.1 Å². The second-order valence-electron chi connectivity index (χ2n) is 4.86. The molecular formula is C19H24N2O3. The van der Waals surface area contributed by atoms with Crippen molar-refractivity contribution in [3.63, 3.8) is 0 Å². The number of aromatic nitrogens is 1. The molecule has 0 aliphatic rings. The summed E-state index contributed by atoms with van der Waals surface area (Å²) >= 11 is 0. The maximum atomic E-state index is 11.5. The van der Waals surface area contributed by atoms with Crippen molar-refractivity contribution in [2.24, 2.45) is 0 Å². The van der Waals surface area contributed by atoms with Crippen molar-refractivity contribution in [3.05, 3.63) is 47.7 Å². The number of pyridine rings is 1. The summed E-state index contributed by atoms with van der Waals surface area (Å²) in [4.78, 5) is 27.1. The van der Waals surface area contributed by atoms with Crippen molar-refractivity contribution in [2.75, 3.05) is 12.4 Å². The molecule has 1 N–H and O–H groups in total. The zero-order chi connectivity index (χ0) is 18.1. The van der Waals surface area contributed by atoms with E-state index in [1.165, 1.54) is 13.3 Å². The minimum absolute atomic E-state index is 0.0172. The summed E-state index contributed by atoms with van der Waals surface area (Å²) in [6.07, 6.45) is 1.93. The van der Waals surface area contributed by atoms with Crippen LogP contribution >= 0.6 is 0 Å². The highest BCUT2D eigenvalue weighted by Gasteiger charge is 2.08. The number of carbonyl (C=O) groups is 2. The molecule has 0 saturated heterocycles. The number of methoxy groups -OCH3 is 1. The predicted molar refractivity (Wildman–Crippen MR) is 96.0 cm³/mol. The van der Waals surface area contributed by atoms with Gasteiger partial charge in [-0.2, -0.15) is 0 Å². The number of benzene rings is 1. The molecule has 2 aromatic rings. The SMILES string of the molecule is CC.CCC(=O)Nc1ccc(-c2ccc(C(=O)OC)cn2)cc1C. The maximum absolute atomic E-state index is 11.5. The first-order chi connectivity index (χ1) is 11.5. The first-order valence-electron chi connectivity index (χ1n) is 8.00. The van der Waals surface area contributed by atoms with Crippen LogP contribution in [0.4, 0.5) is 5.69 Å². The molecule has 1 aromatic carbocycles. The van der Waals surface area contributed by atoms with Crippen LogP contribution in [0.2, 0.25) is 0 Å². The monoisotopic (exact) mass is 328 g/mol. The first-order valence-corrected chi connectivity index (χ1v) is 8.00. The number of nitrogens with zero attached hydrogens (tertiary/aromatic N) is 1. The van der Waals surface area contributed by atoms with E-state index in [1.54, 1.807) is 12.1 Å². The fourth-order valence-corrected chi connectivity index (χ4v) is 2.01. The Morgan fingerprint density at radius 3 is 2.38 bits per heavy atom. The summed E-state index contributed by atoms with van der Waals surface area (Å²) in [5.41, 5.74) is 3.84. The molecule has 0 fully saturated rings. The van der Waals surface area contributed by atoms with E-state index in [0.29, 0.717) is 12.0 Å². The second kappa shape index (κ2) is 9.45. The van der Waals surface area contributed by atoms with Gasteiger partial charge in [0.2, 0.25) is 5.91 Å². The number of hydrogen-bond donors (Lipinski definition) is 1. The lowest BCUT2D eigenvalue weighted by molar-refractivity contribution is -0.115. The topological polar surface area (TPSA) is 68.3 Å². The molecule has 0 aliphatic carbocycles. The van der Waals surface area contributed by atoms with Crippen molar-refractivity contribution in [2.45, 2.75) is 34.1 Å². The highest BCUT2D eigenvalue weighted by molar-refractivity contribution is 5.92. The number of rotatable bonds is 4. The number of carbonyl (C=O) groups excluding carboxylic acids is 2. The lowest BCUT2D eigenvalue weighted by atomic mass is 10.1. The van der Waals surface area contributed by atoms with Crippen molar-refractivity contribution in [1.82, 2.24) is 4.98 Å². The zero-order valence-corrected chi connectivity index (χ0v) is 14.8. The van der Waals surface area contributed by atoms with E-state index in [9.17, 15) is 9.59 Å². The van der Waals surface area contributed by atoms with Crippen LogP contribution in [0.15, 0.2) is 36.5 Å². The third-order valence-corrected chi connectivity index (χ3v) is 3.30. The average molecular weight is 328 g/mol. The van der Waals surface area contributed by atoms with Gasteiger partial charge in [0.1, 0.15) is 0 Å². The Morgan fingerprint density at radius 1 is 1.17 bits per heavy atom. The predicted octanol–water partition coefficient (Wildman–Crippen LogP) is 4.22. The number of aryl methyl sites for hydroxylation is 1. The Hall–Kier alpha value is -2.69. The number of nitrogens with one attached hydrogen (secondary N) is 1. The molecule has 2 rings (SSSR count). The van der Waals surface area contributed by atoms with Crippen LogP contribution < -0.4 is 5.32 Å². The van der Waals surface area contributed by atoms with Crippen LogP contribution in [0.5, 0.6) is 0 Å². The van der Waals surface area contributed by atoms with Gasteiger partial charge in [0.25, 0.3) is 0 Å². The van der Waals surface area contributed by atoms with Gasteiger partial charge >= 0.3 is 5.97 Å². The fourth-order valence-electron chi connectivity index (χ4n) is 2.01. The molecule has 1 amide bonds. The van der Waals surface area contributed by atoms with Crippen LogP contribution in [-0.4, -0.2) is 24.0 Å². The van der Waals surface area contributed by atoms with E-state index < -0.39 is 5.97 Å². The van der Waals surface area contributed by atoms with Gasteiger partial charge in [-0.05, 0) is 36.8 Å². The molecule has 0 saturated carbocycles. The minimum atomic E-state index is -0.409. The molecule has 0 aliphatic heterocycles. The van der Waals surface area contributed by atoms with Gasteiger partial charge in [-0.3, -0.25) is 9.78 Å².